The summed E-state index contributed by atoms with van der Waals surface area (Å²) in [6, 6.07) is 3.84. The Morgan fingerprint density at radius 2 is 2.12 bits per heavy atom. The molecule has 16 heavy (non-hydrogen) atoms. The van der Waals surface area contributed by atoms with Gasteiger partial charge >= 0.3 is 0 Å². The second kappa shape index (κ2) is 6.48. The van der Waals surface area contributed by atoms with Crippen LogP contribution in [0.4, 0.5) is 0 Å². The first-order valence-corrected chi connectivity index (χ1v) is 5.96. The minimum Gasteiger partial charge on any atom is -0.338 e. The maximum atomic E-state index is 11.9. The predicted octanol–water partition coefficient (Wildman–Crippen LogP) is 2.31. The van der Waals surface area contributed by atoms with E-state index in [1.54, 1.807) is 12.4 Å². The molecular weight excluding hydrogens is 224 g/mol. The Kier molecular flexibility index (Phi) is 5.26. The van der Waals surface area contributed by atoms with Crippen LogP contribution >= 0.6 is 11.6 Å². The highest BCUT2D eigenvalue weighted by molar-refractivity contribution is 6.19. The molecule has 0 aliphatic heterocycles. The smallest absolute Gasteiger partial charge is 0.226 e. The molecule has 0 radical (unpaired) electrons. The van der Waals surface area contributed by atoms with Crippen molar-refractivity contribution in [2.45, 2.75) is 20.4 Å². The molecule has 0 bridgehead atoms. The van der Waals surface area contributed by atoms with Gasteiger partial charge in [0.05, 0.1) is 0 Å². The molecule has 0 N–H and O–H groups in total. The Balaban J connectivity index is 2.66. The molecule has 0 aromatic carbocycles. The van der Waals surface area contributed by atoms with Crippen LogP contribution in [0, 0.1) is 5.92 Å². The number of hydrogen-bond acceptors (Lipinski definition) is 2. The van der Waals surface area contributed by atoms with Gasteiger partial charge in [0.25, 0.3) is 0 Å². The maximum Gasteiger partial charge on any atom is 0.226 e. The summed E-state index contributed by atoms with van der Waals surface area (Å²) in [7, 11) is 0. The SMILES string of the molecule is CCN(Cc1ccncc1)C(=O)C(C)CCl. The average molecular weight is 241 g/mol. The Morgan fingerprint density at radius 3 is 2.62 bits per heavy atom. The third kappa shape index (κ3) is 3.49. The highest BCUT2D eigenvalue weighted by Gasteiger charge is 2.18. The highest BCUT2D eigenvalue weighted by atomic mass is 35.5. The molecule has 3 nitrogen and oxygen atoms in total. The van der Waals surface area contributed by atoms with Crippen molar-refractivity contribution in [2.75, 3.05) is 12.4 Å². The van der Waals surface area contributed by atoms with E-state index in [-0.39, 0.29) is 11.8 Å². The largest absolute Gasteiger partial charge is 0.338 e. The van der Waals surface area contributed by atoms with E-state index in [9.17, 15) is 4.79 Å². The van der Waals surface area contributed by atoms with Crippen molar-refractivity contribution in [3.05, 3.63) is 30.1 Å². The molecule has 1 aromatic heterocycles. The summed E-state index contributed by atoms with van der Waals surface area (Å²) in [6.45, 7) is 5.14. The van der Waals surface area contributed by atoms with Gasteiger partial charge in [-0.1, -0.05) is 6.92 Å². The van der Waals surface area contributed by atoms with Gasteiger partial charge in [-0.15, -0.1) is 11.6 Å². The fraction of sp³-hybridized carbons (Fsp3) is 0.500. The van der Waals surface area contributed by atoms with Gasteiger partial charge in [-0.05, 0) is 24.6 Å². The number of halogens is 1. The molecule has 0 fully saturated rings. The van der Waals surface area contributed by atoms with Crippen molar-refractivity contribution < 1.29 is 4.79 Å². The monoisotopic (exact) mass is 240 g/mol. The van der Waals surface area contributed by atoms with E-state index in [0.717, 1.165) is 5.56 Å². The van der Waals surface area contributed by atoms with Crippen molar-refractivity contribution >= 4 is 17.5 Å². The van der Waals surface area contributed by atoms with Gasteiger partial charge < -0.3 is 4.90 Å². The van der Waals surface area contributed by atoms with Crippen molar-refractivity contribution in [3.63, 3.8) is 0 Å². The van der Waals surface area contributed by atoms with E-state index in [1.165, 1.54) is 0 Å². The standard InChI is InChI=1S/C12H17ClN2O/c1-3-15(12(16)10(2)8-13)9-11-4-6-14-7-5-11/h4-7,10H,3,8-9H2,1-2H3. The zero-order valence-electron chi connectivity index (χ0n) is 9.69. The first-order chi connectivity index (χ1) is 7.69. The number of alkyl halides is 1. The van der Waals surface area contributed by atoms with Crippen LogP contribution in [0.1, 0.15) is 19.4 Å². The van der Waals surface area contributed by atoms with Crippen LogP contribution in [0.15, 0.2) is 24.5 Å². The van der Waals surface area contributed by atoms with E-state index in [0.29, 0.717) is 19.0 Å². The lowest BCUT2D eigenvalue weighted by molar-refractivity contribution is -0.134. The molecule has 1 unspecified atom stereocenters. The third-order valence-electron chi connectivity index (χ3n) is 2.47. The number of pyridine rings is 1. The second-order valence-corrected chi connectivity index (χ2v) is 4.07. The summed E-state index contributed by atoms with van der Waals surface area (Å²) >= 11 is 5.69. The average Bonchev–Trinajstić information content (AvgIpc) is 2.35. The summed E-state index contributed by atoms with van der Waals surface area (Å²) in [5, 5.41) is 0. The van der Waals surface area contributed by atoms with Crippen LogP contribution in [0.2, 0.25) is 0 Å². The van der Waals surface area contributed by atoms with Crippen molar-refractivity contribution in [3.8, 4) is 0 Å². The zero-order valence-corrected chi connectivity index (χ0v) is 10.4. The van der Waals surface area contributed by atoms with E-state index in [2.05, 4.69) is 4.98 Å². The number of amides is 1. The van der Waals surface area contributed by atoms with Crippen LogP contribution in [0.25, 0.3) is 0 Å². The van der Waals surface area contributed by atoms with Gasteiger partial charge in [0.2, 0.25) is 5.91 Å². The van der Waals surface area contributed by atoms with Crippen LogP contribution in [-0.4, -0.2) is 28.2 Å². The third-order valence-corrected chi connectivity index (χ3v) is 2.93. The topological polar surface area (TPSA) is 33.2 Å². The molecule has 0 aliphatic carbocycles. The minimum absolute atomic E-state index is 0.106. The number of aromatic nitrogens is 1. The summed E-state index contributed by atoms with van der Waals surface area (Å²) < 4.78 is 0. The zero-order chi connectivity index (χ0) is 12.0. The maximum absolute atomic E-state index is 11.9. The van der Waals surface area contributed by atoms with Gasteiger partial charge in [-0.25, -0.2) is 0 Å². The normalized spacial score (nSPS) is 12.2. The lowest BCUT2D eigenvalue weighted by atomic mass is 10.1. The summed E-state index contributed by atoms with van der Waals surface area (Å²) in [5.41, 5.74) is 1.09. The molecular formula is C12H17ClN2O. The first kappa shape index (κ1) is 13.0. The van der Waals surface area contributed by atoms with Gasteiger partial charge in [0.15, 0.2) is 0 Å². The lowest BCUT2D eigenvalue weighted by Crippen LogP contribution is -2.35. The summed E-state index contributed by atoms with van der Waals surface area (Å²) in [4.78, 5) is 17.7. The van der Waals surface area contributed by atoms with E-state index < -0.39 is 0 Å². The van der Waals surface area contributed by atoms with Crippen LogP contribution in [-0.2, 0) is 11.3 Å². The number of hydrogen-bond donors (Lipinski definition) is 0. The molecule has 1 aromatic rings. The van der Waals surface area contributed by atoms with Crippen molar-refractivity contribution in [1.82, 2.24) is 9.88 Å². The van der Waals surface area contributed by atoms with Crippen molar-refractivity contribution in [2.24, 2.45) is 5.92 Å². The van der Waals surface area contributed by atoms with E-state index in [1.807, 2.05) is 30.9 Å². The lowest BCUT2D eigenvalue weighted by Gasteiger charge is -2.23. The molecule has 0 spiro atoms. The number of nitrogens with zero attached hydrogens (tertiary/aromatic N) is 2. The second-order valence-electron chi connectivity index (χ2n) is 3.76. The van der Waals surface area contributed by atoms with Crippen LogP contribution in [0.3, 0.4) is 0 Å². The molecule has 88 valence electrons. The number of carbonyl (C=O) groups excluding carboxylic acids is 1. The van der Waals surface area contributed by atoms with Crippen molar-refractivity contribution in [1.29, 1.82) is 0 Å². The molecule has 1 atom stereocenters. The quantitative estimate of drug-likeness (QED) is 0.740. The molecule has 1 rings (SSSR count). The first-order valence-electron chi connectivity index (χ1n) is 5.42. The van der Waals surface area contributed by atoms with E-state index in [4.69, 9.17) is 11.6 Å². The van der Waals surface area contributed by atoms with E-state index >= 15 is 0 Å². The number of carbonyl (C=O) groups is 1. The summed E-state index contributed by atoms with van der Waals surface area (Å²) in [6.07, 6.45) is 3.47. The van der Waals surface area contributed by atoms with Gasteiger partial charge in [-0.2, -0.15) is 0 Å². The van der Waals surface area contributed by atoms with Gasteiger partial charge in [-0.3, -0.25) is 9.78 Å². The fourth-order valence-corrected chi connectivity index (χ4v) is 1.56. The molecule has 1 heterocycles. The molecule has 1 amide bonds. The molecule has 0 saturated carbocycles. The Labute approximate surface area is 101 Å². The molecule has 4 heteroatoms. The van der Waals surface area contributed by atoms with Gasteiger partial charge in [0, 0.05) is 37.3 Å². The summed E-state index contributed by atoms with van der Waals surface area (Å²) in [5.74, 6) is 0.351. The predicted molar refractivity (Wildman–Crippen MR) is 65.2 cm³/mol. The highest BCUT2D eigenvalue weighted by Crippen LogP contribution is 2.09. The minimum atomic E-state index is -0.122. The van der Waals surface area contributed by atoms with Gasteiger partial charge in [0.1, 0.15) is 0 Å². The Bertz CT molecular complexity index is 329. The number of rotatable bonds is 5. The van der Waals surface area contributed by atoms with Crippen LogP contribution in [0.5, 0.6) is 0 Å². The Morgan fingerprint density at radius 1 is 1.50 bits per heavy atom. The fourth-order valence-electron chi connectivity index (χ4n) is 1.43. The Hall–Kier alpha value is -1.09. The molecule has 0 saturated heterocycles. The molecule has 0 aliphatic rings. The van der Waals surface area contributed by atoms with Crippen LogP contribution < -0.4 is 0 Å².